The molecule has 0 aromatic heterocycles. The van der Waals surface area contributed by atoms with Crippen LogP contribution in [0.25, 0.3) is 0 Å². The van der Waals surface area contributed by atoms with Gasteiger partial charge in [-0.2, -0.15) is 0 Å². The van der Waals surface area contributed by atoms with Gasteiger partial charge in [0.25, 0.3) is 0 Å². The first-order valence-electron chi connectivity index (χ1n) is 7.52. The van der Waals surface area contributed by atoms with Crippen LogP contribution < -0.4 is 11.1 Å². The summed E-state index contributed by atoms with van der Waals surface area (Å²) < 4.78 is 0. The first-order chi connectivity index (χ1) is 9.36. The van der Waals surface area contributed by atoms with Gasteiger partial charge < -0.3 is 11.1 Å². The molecule has 20 heavy (non-hydrogen) atoms. The van der Waals surface area contributed by atoms with Gasteiger partial charge in [0, 0.05) is 17.3 Å². The van der Waals surface area contributed by atoms with E-state index >= 15 is 0 Å². The van der Waals surface area contributed by atoms with Crippen LogP contribution in [0.15, 0.2) is 24.3 Å². The van der Waals surface area contributed by atoms with Gasteiger partial charge in [0.15, 0.2) is 0 Å². The first kappa shape index (κ1) is 14.9. The summed E-state index contributed by atoms with van der Waals surface area (Å²) in [4.78, 5) is 12.3. The van der Waals surface area contributed by atoms with Crippen molar-refractivity contribution in [1.29, 1.82) is 0 Å². The van der Waals surface area contributed by atoms with Crippen LogP contribution in [0.5, 0.6) is 0 Å². The summed E-state index contributed by atoms with van der Waals surface area (Å²) >= 11 is 0. The van der Waals surface area contributed by atoms with Gasteiger partial charge in [0.05, 0.1) is 0 Å². The molecule has 1 amide bonds. The second-order valence-corrected chi connectivity index (χ2v) is 7.03. The average molecular weight is 274 g/mol. The minimum atomic E-state index is 0.142. The number of amides is 1. The van der Waals surface area contributed by atoms with Crippen molar-refractivity contribution in [3.8, 4) is 0 Å². The molecule has 1 aromatic carbocycles. The number of carbonyl (C=O) groups excluding carboxylic acids is 1. The number of rotatable bonds is 2. The molecule has 0 spiro atoms. The lowest BCUT2D eigenvalue weighted by atomic mass is 9.69. The predicted molar refractivity (Wildman–Crippen MR) is 84.4 cm³/mol. The maximum absolute atomic E-state index is 12.3. The van der Waals surface area contributed by atoms with Crippen LogP contribution in [0.4, 0.5) is 11.4 Å². The average Bonchev–Trinajstić information content (AvgIpc) is 2.38. The summed E-state index contributed by atoms with van der Waals surface area (Å²) in [5, 5.41) is 2.99. The lowest BCUT2D eigenvalue weighted by molar-refractivity contribution is -0.121. The van der Waals surface area contributed by atoms with Crippen molar-refractivity contribution in [2.24, 2.45) is 17.3 Å². The smallest absolute Gasteiger partial charge is 0.227 e. The highest BCUT2D eigenvalue weighted by Crippen LogP contribution is 2.40. The largest absolute Gasteiger partial charge is 0.399 e. The number of hydrogen-bond acceptors (Lipinski definition) is 2. The first-order valence-corrected chi connectivity index (χ1v) is 7.52. The lowest BCUT2D eigenvalue weighted by Crippen LogP contribution is -2.31. The minimum Gasteiger partial charge on any atom is -0.399 e. The highest BCUT2D eigenvalue weighted by molar-refractivity contribution is 5.92. The molecule has 1 aliphatic carbocycles. The topological polar surface area (TPSA) is 55.1 Å². The van der Waals surface area contributed by atoms with Crippen LogP contribution in [0, 0.1) is 17.3 Å². The molecule has 3 N–H and O–H groups in total. The van der Waals surface area contributed by atoms with Gasteiger partial charge >= 0.3 is 0 Å². The molecular formula is C17H26N2O. The third kappa shape index (κ3) is 3.75. The number of nitrogens with two attached hydrogens (primary N) is 1. The van der Waals surface area contributed by atoms with Gasteiger partial charge in [-0.15, -0.1) is 0 Å². The van der Waals surface area contributed by atoms with Gasteiger partial charge in [-0.1, -0.05) is 26.8 Å². The summed E-state index contributed by atoms with van der Waals surface area (Å²) in [6, 6.07) is 7.37. The molecule has 1 fully saturated rings. The van der Waals surface area contributed by atoms with E-state index in [-0.39, 0.29) is 11.8 Å². The van der Waals surface area contributed by atoms with Gasteiger partial charge in [-0.3, -0.25) is 4.79 Å². The van der Waals surface area contributed by atoms with Crippen molar-refractivity contribution in [1.82, 2.24) is 0 Å². The summed E-state index contributed by atoms with van der Waals surface area (Å²) in [7, 11) is 0. The molecule has 110 valence electrons. The van der Waals surface area contributed by atoms with E-state index in [1.54, 1.807) is 6.07 Å². The monoisotopic (exact) mass is 274 g/mol. The Morgan fingerprint density at radius 1 is 1.20 bits per heavy atom. The van der Waals surface area contributed by atoms with Crippen molar-refractivity contribution in [2.45, 2.75) is 46.5 Å². The van der Waals surface area contributed by atoms with Gasteiger partial charge in [0.1, 0.15) is 0 Å². The number of nitrogen functional groups attached to an aromatic ring is 1. The third-order valence-corrected chi connectivity index (χ3v) is 4.48. The van der Waals surface area contributed by atoms with Crippen LogP contribution in [0.1, 0.15) is 46.5 Å². The van der Waals surface area contributed by atoms with E-state index in [1.165, 1.54) is 0 Å². The molecule has 0 aliphatic heterocycles. The molecule has 3 nitrogen and oxygen atoms in total. The predicted octanol–water partition coefficient (Wildman–Crippen LogP) is 4.06. The summed E-state index contributed by atoms with van der Waals surface area (Å²) in [5.41, 5.74) is 7.56. The number of nitrogens with one attached hydrogen (secondary N) is 1. The van der Waals surface area contributed by atoms with Crippen molar-refractivity contribution in [2.75, 3.05) is 11.1 Å². The quantitative estimate of drug-likeness (QED) is 0.799. The second kappa shape index (κ2) is 5.86. The Kier molecular flexibility index (Phi) is 4.36. The molecule has 1 aromatic rings. The standard InChI is InChI=1S/C17H26N2O/c1-17(2,3)13-9-7-12(8-10-13)16(20)19-15-6-4-5-14(18)11-15/h4-6,11-13H,7-10,18H2,1-3H3,(H,19,20). The highest BCUT2D eigenvalue weighted by atomic mass is 16.1. The third-order valence-electron chi connectivity index (χ3n) is 4.48. The highest BCUT2D eigenvalue weighted by Gasteiger charge is 2.32. The Bertz CT molecular complexity index is 468. The molecule has 1 saturated carbocycles. The molecule has 0 saturated heterocycles. The molecular weight excluding hydrogens is 248 g/mol. The fourth-order valence-electron chi connectivity index (χ4n) is 3.08. The molecule has 0 bridgehead atoms. The zero-order valence-corrected chi connectivity index (χ0v) is 12.8. The number of anilines is 2. The molecule has 0 heterocycles. The van der Waals surface area contributed by atoms with E-state index in [0.717, 1.165) is 37.3 Å². The van der Waals surface area contributed by atoms with Gasteiger partial charge in [0.2, 0.25) is 5.91 Å². The van der Waals surface area contributed by atoms with Crippen LogP contribution >= 0.6 is 0 Å². The fourth-order valence-corrected chi connectivity index (χ4v) is 3.08. The molecule has 0 atom stereocenters. The normalized spacial score (nSPS) is 23.4. The van der Waals surface area contributed by atoms with Crippen molar-refractivity contribution < 1.29 is 4.79 Å². The number of benzene rings is 1. The Morgan fingerprint density at radius 3 is 2.40 bits per heavy atom. The van der Waals surface area contributed by atoms with E-state index in [9.17, 15) is 4.79 Å². The zero-order valence-electron chi connectivity index (χ0n) is 12.8. The maximum atomic E-state index is 12.3. The van der Waals surface area contributed by atoms with E-state index in [1.807, 2.05) is 18.2 Å². The van der Waals surface area contributed by atoms with E-state index in [2.05, 4.69) is 26.1 Å². The van der Waals surface area contributed by atoms with Crippen LogP contribution in [-0.4, -0.2) is 5.91 Å². The Hall–Kier alpha value is -1.51. The van der Waals surface area contributed by atoms with E-state index < -0.39 is 0 Å². The summed E-state index contributed by atoms with van der Waals surface area (Å²) in [6.07, 6.45) is 4.29. The minimum absolute atomic E-state index is 0.142. The van der Waals surface area contributed by atoms with Crippen LogP contribution in [0.3, 0.4) is 0 Å². The van der Waals surface area contributed by atoms with Crippen LogP contribution in [-0.2, 0) is 4.79 Å². The molecule has 0 radical (unpaired) electrons. The van der Waals surface area contributed by atoms with Crippen molar-refractivity contribution in [3.63, 3.8) is 0 Å². The fraction of sp³-hybridized carbons (Fsp3) is 0.588. The summed E-state index contributed by atoms with van der Waals surface area (Å²) in [6.45, 7) is 6.89. The molecule has 3 heteroatoms. The SMILES string of the molecule is CC(C)(C)C1CCC(C(=O)Nc2cccc(N)c2)CC1. The Morgan fingerprint density at radius 2 is 1.85 bits per heavy atom. The number of hydrogen-bond donors (Lipinski definition) is 2. The lowest BCUT2D eigenvalue weighted by Gasteiger charge is -2.36. The molecule has 1 aliphatic rings. The van der Waals surface area contributed by atoms with Crippen molar-refractivity contribution in [3.05, 3.63) is 24.3 Å². The van der Waals surface area contributed by atoms with Crippen molar-refractivity contribution >= 4 is 17.3 Å². The second-order valence-electron chi connectivity index (χ2n) is 7.03. The zero-order chi connectivity index (χ0) is 14.8. The molecule has 0 unspecified atom stereocenters. The maximum Gasteiger partial charge on any atom is 0.227 e. The Labute approximate surface area is 121 Å². The number of carbonyl (C=O) groups is 1. The Balaban J connectivity index is 1.89. The van der Waals surface area contributed by atoms with Gasteiger partial charge in [-0.05, 0) is 55.2 Å². The van der Waals surface area contributed by atoms with Crippen LogP contribution in [0.2, 0.25) is 0 Å². The van der Waals surface area contributed by atoms with E-state index in [0.29, 0.717) is 11.1 Å². The molecule has 2 rings (SSSR count). The van der Waals surface area contributed by atoms with Gasteiger partial charge in [-0.25, -0.2) is 0 Å². The summed E-state index contributed by atoms with van der Waals surface area (Å²) in [5.74, 6) is 1.02. The van der Waals surface area contributed by atoms with E-state index in [4.69, 9.17) is 5.73 Å².